The Kier molecular flexibility index (Phi) is 7.08. The van der Waals surface area contributed by atoms with Gasteiger partial charge < -0.3 is 0 Å². The van der Waals surface area contributed by atoms with Crippen molar-refractivity contribution < 1.29 is 4.39 Å². The highest BCUT2D eigenvalue weighted by Gasteiger charge is 2.40. The molecule has 264 valence electrons. The molecule has 0 fully saturated rings. The molecule has 0 amide bonds. The third-order valence-electron chi connectivity index (χ3n) is 11.8. The highest BCUT2D eigenvalue weighted by atomic mass is 19.1. The summed E-state index contributed by atoms with van der Waals surface area (Å²) >= 11 is 0. The molecule has 11 rings (SSSR count). The van der Waals surface area contributed by atoms with Gasteiger partial charge in [0.25, 0.3) is 0 Å². The molecule has 1 aromatic heterocycles. The van der Waals surface area contributed by atoms with Gasteiger partial charge in [0, 0.05) is 22.1 Å². The van der Waals surface area contributed by atoms with E-state index in [2.05, 4.69) is 159 Å². The second-order valence-corrected chi connectivity index (χ2v) is 15.3. The molecule has 10 aromatic rings. The third-order valence-corrected chi connectivity index (χ3v) is 11.8. The molecule has 1 heterocycles. The summed E-state index contributed by atoms with van der Waals surface area (Å²) in [4.78, 5) is 15.6. The van der Waals surface area contributed by atoms with E-state index in [1.54, 1.807) is 12.1 Å². The molecule has 0 saturated heterocycles. The number of fused-ring (bicyclic) bond motifs is 9. The lowest BCUT2D eigenvalue weighted by Gasteiger charge is -2.25. The summed E-state index contributed by atoms with van der Waals surface area (Å²) in [6.07, 6.45) is 0. The summed E-state index contributed by atoms with van der Waals surface area (Å²) in [5, 5.41) is 9.47. The van der Waals surface area contributed by atoms with Crippen LogP contribution in [-0.2, 0) is 5.41 Å². The van der Waals surface area contributed by atoms with Gasteiger partial charge in [-0.15, -0.1) is 0 Å². The van der Waals surface area contributed by atoms with Gasteiger partial charge in [-0.05, 0) is 107 Å². The van der Waals surface area contributed by atoms with E-state index in [0.29, 0.717) is 17.5 Å². The maximum Gasteiger partial charge on any atom is 0.164 e. The minimum atomic E-state index is -0.359. The Balaban J connectivity index is 1.18. The van der Waals surface area contributed by atoms with Crippen molar-refractivity contribution in [2.24, 2.45) is 0 Å². The van der Waals surface area contributed by atoms with Crippen LogP contribution >= 0.6 is 0 Å². The molecule has 0 saturated carbocycles. The number of rotatable bonds is 4. The molecule has 3 nitrogen and oxygen atoms in total. The first-order valence-electron chi connectivity index (χ1n) is 19.0. The van der Waals surface area contributed by atoms with Gasteiger partial charge in [-0.25, -0.2) is 19.3 Å². The number of hydrogen-bond donors (Lipinski definition) is 0. The van der Waals surface area contributed by atoms with Crippen LogP contribution in [0.1, 0.15) is 25.0 Å². The summed E-state index contributed by atoms with van der Waals surface area (Å²) < 4.78 is 14.2. The molecule has 0 radical (unpaired) electrons. The molecule has 1 aliphatic rings. The SMILES string of the molecule is CC1(C)c2ccccc2-c2c(-c3ccc4ccc5ccccc5c4c3)ccc(-c3nc(-c4ccc(F)cc4)nc(-c4cccc5c4ccc4ccccc45)n3)c21. The quantitative estimate of drug-likeness (QED) is 0.170. The van der Waals surface area contributed by atoms with Gasteiger partial charge in [0.05, 0.1) is 0 Å². The fraction of sp³-hybridized carbons (Fsp3) is 0.0577. The van der Waals surface area contributed by atoms with E-state index in [1.165, 1.54) is 72.3 Å². The standard InChI is InChI=1S/C52H34FN3/c1-52(2)46-17-8-7-14-43(46)47-39(35-21-20-33-19-18-31-10-4-6-13-38(31)45(33)30-35)28-29-44(48(47)52)51-55-49(34-22-25-36(53)26-23-34)54-50(56-51)42-16-9-15-40-37-12-5-3-11-32(37)24-27-41(40)42/h3-30H,1-2H3. The maximum absolute atomic E-state index is 14.2. The molecular formula is C52H34FN3. The smallest absolute Gasteiger partial charge is 0.164 e. The number of benzene rings is 9. The third kappa shape index (κ3) is 4.92. The van der Waals surface area contributed by atoms with E-state index in [9.17, 15) is 4.39 Å². The Morgan fingerprint density at radius 3 is 1.73 bits per heavy atom. The second-order valence-electron chi connectivity index (χ2n) is 15.3. The number of halogens is 1. The zero-order chi connectivity index (χ0) is 37.5. The normalized spacial score (nSPS) is 13.1. The minimum absolute atomic E-state index is 0.307. The van der Waals surface area contributed by atoms with Gasteiger partial charge in [0.2, 0.25) is 0 Å². The first kappa shape index (κ1) is 32.4. The van der Waals surface area contributed by atoms with E-state index in [4.69, 9.17) is 15.0 Å². The topological polar surface area (TPSA) is 38.7 Å². The lowest BCUT2D eigenvalue weighted by molar-refractivity contribution is 0.628. The van der Waals surface area contributed by atoms with Gasteiger partial charge >= 0.3 is 0 Å². The fourth-order valence-electron chi connectivity index (χ4n) is 9.09. The van der Waals surface area contributed by atoms with Crippen LogP contribution in [0, 0.1) is 5.82 Å². The van der Waals surface area contributed by atoms with Gasteiger partial charge in [0.1, 0.15) is 5.82 Å². The molecule has 0 atom stereocenters. The summed E-state index contributed by atoms with van der Waals surface area (Å²) in [5.41, 5.74) is 9.43. The van der Waals surface area contributed by atoms with E-state index in [1.807, 2.05) is 0 Å². The maximum atomic E-state index is 14.2. The van der Waals surface area contributed by atoms with Crippen LogP contribution in [-0.4, -0.2) is 15.0 Å². The Labute approximate surface area is 323 Å². The van der Waals surface area contributed by atoms with Crippen molar-refractivity contribution in [3.8, 4) is 56.4 Å². The average Bonchev–Trinajstić information content (AvgIpc) is 3.49. The van der Waals surface area contributed by atoms with Crippen LogP contribution in [0.3, 0.4) is 0 Å². The molecule has 56 heavy (non-hydrogen) atoms. The van der Waals surface area contributed by atoms with Crippen molar-refractivity contribution in [2.45, 2.75) is 19.3 Å². The molecule has 9 aromatic carbocycles. The van der Waals surface area contributed by atoms with Crippen LogP contribution in [0.25, 0.3) is 99.5 Å². The van der Waals surface area contributed by atoms with Crippen molar-refractivity contribution in [1.82, 2.24) is 15.0 Å². The lowest BCUT2D eigenvalue weighted by atomic mass is 9.79. The van der Waals surface area contributed by atoms with Gasteiger partial charge in [-0.3, -0.25) is 0 Å². The fourth-order valence-corrected chi connectivity index (χ4v) is 9.09. The summed E-state index contributed by atoms with van der Waals surface area (Å²) in [5.74, 6) is 1.34. The second kappa shape index (κ2) is 12.2. The molecule has 0 unspecified atom stereocenters. The van der Waals surface area contributed by atoms with Crippen molar-refractivity contribution >= 4 is 43.1 Å². The minimum Gasteiger partial charge on any atom is -0.208 e. The van der Waals surface area contributed by atoms with Crippen LogP contribution in [0.15, 0.2) is 170 Å². The molecular weight excluding hydrogens is 686 g/mol. The van der Waals surface area contributed by atoms with Crippen molar-refractivity contribution in [2.75, 3.05) is 0 Å². The number of aromatic nitrogens is 3. The van der Waals surface area contributed by atoms with Gasteiger partial charge in [-0.2, -0.15) is 0 Å². The molecule has 0 spiro atoms. The zero-order valence-electron chi connectivity index (χ0n) is 30.9. The Morgan fingerprint density at radius 1 is 0.393 bits per heavy atom. The van der Waals surface area contributed by atoms with Gasteiger partial charge in [-0.1, -0.05) is 153 Å². The Morgan fingerprint density at radius 2 is 0.946 bits per heavy atom. The monoisotopic (exact) mass is 719 g/mol. The highest BCUT2D eigenvalue weighted by Crippen LogP contribution is 2.55. The van der Waals surface area contributed by atoms with Gasteiger partial charge in [0.15, 0.2) is 17.5 Å². The number of nitrogens with zero attached hydrogens (tertiary/aromatic N) is 3. The first-order chi connectivity index (χ1) is 27.4. The predicted octanol–water partition coefficient (Wildman–Crippen LogP) is 13.6. The van der Waals surface area contributed by atoms with E-state index in [0.717, 1.165) is 33.0 Å². The Bertz CT molecular complexity index is 3240. The predicted molar refractivity (Wildman–Crippen MR) is 229 cm³/mol. The van der Waals surface area contributed by atoms with E-state index < -0.39 is 0 Å². The largest absolute Gasteiger partial charge is 0.208 e. The lowest BCUT2D eigenvalue weighted by Crippen LogP contribution is -2.17. The van der Waals surface area contributed by atoms with Crippen molar-refractivity contribution in [1.29, 1.82) is 0 Å². The van der Waals surface area contributed by atoms with E-state index >= 15 is 0 Å². The first-order valence-corrected chi connectivity index (χ1v) is 19.0. The molecule has 0 bridgehead atoms. The van der Waals surface area contributed by atoms with Crippen LogP contribution < -0.4 is 0 Å². The van der Waals surface area contributed by atoms with Crippen molar-refractivity contribution in [3.05, 3.63) is 187 Å². The molecule has 0 aliphatic heterocycles. The van der Waals surface area contributed by atoms with Crippen LogP contribution in [0.4, 0.5) is 4.39 Å². The zero-order valence-corrected chi connectivity index (χ0v) is 30.9. The number of hydrogen-bond acceptors (Lipinski definition) is 3. The summed E-state index contributed by atoms with van der Waals surface area (Å²) in [6.45, 7) is 4.61. The van der Waals surface area contributed by atoms with Crippen LogP contribution in [0.2, 0.25) is 0 Å². The van der Waals surface area contributed by atoms with E-state index in [-0.39, 0.29) is 11.2 Å². The molecule has 0 N–H and O–H groups in total. The summed E-state index contributed by atoms with van der Waals surface area (Å²) in [7, 11) is 0. The van der Waals surface area contributed by atoms with Crippen molar-refractivity contribution in [3.63, 3.8) is 0 Å². The summed E-state index contributed by atoms with van der Waals surface area (Å²) in [6, 6.07) is 58.5. The molecule has 4 heteroatoms. The van der Waals surface area contributed by atoms with Crippen LogP contribution in [0.5, 0.6) is 0 Å². The average molecular weight is 720 g/mol. The molecule has 1 aliphatic carbocycles. The highest BCUT2D eigenvalue weighted by molar-refractivity contribution is 6.12. The Hall–Kier alpha value is -7.04.